The lowest BCUT2D eigenvalue weighted by atomic mass is 9.81. The Labute approximate surface area is 255 Å². The highest BCUT2D eigenvalue weighted by molar-refractivity contribution is 7.71. The molecule has 44 heavy (non-hydrogen) atoms. The Kier molecular flexibility index (Phi) is 9.28. The lowest BCUT2D eigenvalue weighted by molar-refractivity contribution is -0.137. The van der Waals surface area contributed by atoms with Gasteiger partial charge in [0.2, 0.25) is 11.8 Å². The van der Waals surface area contributed by atoms with Crippen molar-refractivity contribution in [2.75, 3.05) is 23.0 Å². The zero-order chi connectivity index (χ0) is 31.6. The summed E-state index contributed by atoms with van der Waals surface area (Å²) in [6.07, 6.45) is 3.24. The minimum absolute atomic E-state index is 0.0514. The van der Waals surface area contributed by atoms with Gasteiger partial charge in [-0.25, -0.2) is 4.98 Å². The highest BCUT2D eigenvalue weighted by Gasteiger charge is 2.36. The van der Waals surface area contributed by atoms with Crippen LogP contribution in [0.25, 0.3) is 10.8 Å². The fraction of sp³-hybridized carbons (Fsp3) is 0.438. The number of nitrogens with one attached hydrogen (secondary N) is 2. The second kappa shape index (κ2) is 12.8. The molecule has 1 fully saturated rings. The van der Waals surface area contributed by atoms with Gasteiger partial charge in [-0.1, -0.05) is 19.9 Å². The molecule has 1 saturated carbocycles. The SMILES string of the molecule is CCCP(=O)(CCC)c1ccc(Nc2ncc(C(F)(F)F)c(Nc3ccc(C4CCC(O)CC4)c4cn(C)c(O)c34)n2)cc1. The summed E-state index contributed by atoms with van der Waals surface area (Å²) in [6.45, 7) is 4.01. The molecule has 12 heteroatoms. The van der Waals surface area contributed by atoms with Crippen LogP contribution in [0.2, 0.25) is 0 Å². The van der Waals surface area contributed by atoms with E-state index in [1.165, 1.54) is 4.57 Å². The second-order valence-electron chi connectivity index (χ2n) is 11.6. The third kappa shape index (κ3) is 6.59. The van der Waals surface area contributed by atoms with Gasteiger partial charge in [0.05, 0.1) is 17.2 Å². The molecule has 0 radical (unpaired) electrons. The molecule has 1 aliphatic carbocycles. The van der Waals surface area contributed by atoms with Crippen LogP contribution in [0.1, 0.15) is 69.4 Å². The van der Waals surface area contributed by atoms with Gasteiger partial charge >= 0.3 is 6.18 Å². The monoisotopic (exact) mass is 629 g/mol. The van der Waals surface area contributed by atoms with Gasteiger partial charge in [-0.15, -0.1) is 0 Å². The molecule has 0 saturated heterocycles. The molecule has 0 atom stereocenters. The average Bonchev–Trinajstić information content (AvgIpc) is 3.28. The van der Waals surface area contributed by atoms with E-state index in [9.17, 15) is 27.9 Å². The van der Waals surface area contributed by atoms with Crippen molar-refractivity contribution in [1.82, 2.24) is 14.5 Å². The molecule has 236 valence electrons. The number of hydrogen-bond acceptors (Lipinski definition) is 7. The predicted molar refractivity (Wildman–Crippen MR) is 169 cm³/mol. The van der Waals surface area contributed by atoms with Gasteiger partial charge in [-0.2, -0.15) is 18.2 Å². The molecule has 0 bridgehead atoms. The number of anilines is 4. The summed E-state index contributed by atoms with van der Waals surface area (Å²) in [5.41, 5.74) is 0.761. The number of rotatable bonds is 10. The fourth-order valence-corrected chi connectivity index (χ4v) is 9.08. The average molecular weight is 630 g/mol. The van der Waals surface area contributed by atoms with Crippen molar-refractivity contribution in [1.29, 1.82) is 0 Å². The highest BCUT2D eigenvalue weighted by atomic mass is 31.2. The number of aromatic hydroxyl groups is 1. The minimum atomic E-state index is -4.73. The second-order valence-corrected chi connectivity index (χ2v) is 14.8. The third-order valence-corrected chi connectivity index (χ3v) is 12.0. The van der Waals surface area contributed by atoms with E-state index in [1.54, 1.807) is 43.6 Å². The predicted octanol–water partition coefficient (Wildman–Crippen LogP) is 8.01. The summed E-state index contributed by atoms with van der Waals surface area (Å²) < 4.78 is 57.3. The molecule has 0 unspecified atom stereocenters. The maximum atomic E-state index is 14.1. The van der Waals surface area contributed by atoms with Crippen molar-refractivity contribution in [3.8, 4) is 5.88 Å². The molecule has 0 spiro atoms. The van der Waals surface area contributed by atoms with Gasteiger partial charge in [0.25, 0.3) is 0 Å². The van der Waals surface area contributed by atoms with Crippen LogP contribution in [-0.4, -0.2) is 43.2 Å². The lowest BCUT2D eigenvalue weighted by Gasteiger charge is -2.26. The van der Waals surface area contributed by atoms with E-state index in [1.807, 2.05) is 19.9 Å². The largest absolute Gasteiger partial charge is 0.494 e. The molecular weight excluding hydrogens is 590 g/mol. The molecule has 2 aromatic heterocycles. The zero-order valence-corrected chi connectivity index (χ0v) is 26.1. The molecule has 0 aliphatic heterocycles. The number of aliphatic hydroxyl groups excluding tert-OH is 1. The first-order valence-electron chi connectivity index (χ1n) is 15.1. The summed E-state index contributed by atoms with van der Waals surface area (Å²) in [5, 5.41) is 28.6. The molecule has 5 rings (SSSR count). The van der Waals surface area contributed by atoms with Gasteiger partial charge < -0.3 is 30.0 Å². The lowest BCUT2D eigenvalue weighted by Crippen LogP contribution is -2.17. The number of nitrogens with zero attached hydrogens (tertiary/aromatic N) is 3. The number of hydrogen-bond donors (Lipinski definition) is 4. The van der Waals surface area contributed by atoms with Gasteiger partial charge in [-0.3, -0.25) is 0 Å². The van der Waals surface area contributed by atoms with Crippen LogP contribution in [0.5, 0.6) is 5.88 Å². The smallest absolute Gasteiger partial charge is 0.421 e. The number of fused-ring (bicyclic) bond motifs is 1. The van der Waals surface area contributed by atoms with Crippen LogP contribution < -0.4 is 15.9 Å². The molecular formula is C32H39F3N5O3P. The fourth-order valence-electron chi connectivity index (χ4n) is 6.20. The standard InChI is InChI=1S/C32H39F3N5O3P/c1-4-16-44(43,17-5-2)23-12-8-21(9-13-23)37-31-36-18-26(32(33,34)35)29(39-31)38-27-15-14-24(20-6-10-22(41)11-7-20)25-19-40(3)30(42)28(25)27/h8-9,12-15,18-20,22,41-42H,4-7,10-11,16-17H2,1-3H3,(H2,36,37,38,39). The van der Waals surface area contributed by atoms with Crippen LogP contribution in [-0.2, 0) is 17.8 Å². The van der Waals surface area contributed by atoms with Crippen molar-refractivity contribution in [3.05, 3.63) is 59.9 Å². The number of benzene rings is 2. The first kappa shape index (κ1) is 31.9. The maximum Gasteiger partial charge on any atom is 0.421 e. The van der Waals surface area contributed by atoms with E-state index in [0.29, 0.717) is 36.2 Å². The van der Waals surface area contributed by atoms with E-state index in [-0.39, 0.29) is 29.5 Å². The molecule has 4 aromatic rings. The Hall–Kier alpha value is -3.56. The van der Waals surface area contributed by atoms with Crippen molar-refractivity contribution in [2.24, 2.45) is 7.05 Å². The van der Waals surface area contributed by atoms with E-state index in [2.05, 4.69) is 20.6 Å². The third-order valence-electron chi connectivity index (χ3n) is 8.41. The molecule has 4 N–H and O–H groups in total. The van der Waals surface area contributed by atoms with Crippen molar-refractivity contribution < 1.29 is 27.9 Å². The summed E-state index contributed by atoms with van der Waals surface area (Å²) >= 11 is 0. The summed E-state index contributed by atoms with van der Waals surface area (Å²) in [6, 6.07) is 10.6. The normalized spacial score (nSPS) is 17.6. The molecule has 8 nitrogen and oxygen atoms in total. The van der Waals surface area contributed by atoms with E-state index in [4.69, 9.17) is 0 Å². The topological polar surface area (TPSA) is 112 Å². The minimum Gasteiger partial charge on any atom is -0.494 e. The molecule has 2 heterocycles. The van der Waals surface area contributed by atoms with Gasteiger partial charge in [-0.05, 0) is 80.3 Å². The number of aliphatic hydroxyl groups is 1. The Morgan fingerprint density at radius 3 is 2.27 bits per heavy atom. The zero-order valence-electron chi connectivity index (χ0n) is 25.2. The first-order valence-corrected chi connectivity index (χ1v) is 17.2. The quantitative estimate of drug-likeness (QED) is 0.132. The van der Waals surface area contributed by atoms with Gasteiger partial charge in [0.1, 0.15) is 18.5 Å². The van der Waals surface area contributed by atoms with Crippen molar-refractivity contribution in [3.63, 3.8) is 0 Å². The van der Waals surface area contributed by atoms with Gasteiger partial charge in [0, 0.05) is 48.1 Å². The molecule has 1 aliphatic rings. The number of alkyl halides is 3. The Bertz CT molecular complexity index is 1650. The maximum absolute atomic E-state index is 14.1. The highest BCUT2D eigenvalue weighted by Crippen LogP contribution is 2.46. The van der Waals surface area contributed by atoms with Crippen LogP contribution in [0.15, 0.2) is 48.8 Å². The van der Waals surface area contributed by atoms with Crippen LogP contribution >= 0.6 is 7.14 Å². The van der Waals surface area contributed by atoms with E-state index >= 15 is 0 Å². The van der Waals surface area contributed by atoms with E-state index in [0.717, 1.165) is 48.1 Å². The van der Waals surface area contributed by atoms with Crippen LogP contribution in [0, 0.1) is 0 Å². The van der Waals surface area contributed by atoms with Crippen molar-refractivity contribution in [2.45, 2.75) is 70.6 Å². The number of halogens is 3. The number of aromatic nitrogens is 3. The number of aryl methyl sites for hydroxylation is 1. The van der Waals surface area contributed by atoms with Crippen molar-refractivity contribution >= 4 is 46.4 Å². The van der Waals surface area contributed by atoms with Crippen LogP contribution in [0.3, 0.4) is 0 Å². The van der Waals surface area contributed by atoms with Crippen LogP contribution in [0.4, 0.5) is 36.3 Å². The summed E-state index contributed by atoms with van der Waals surface area (Å²) in [7, 11) is -0.835. The first-order chi connectivity index (χ1) is 20.9. The Morgan fingerprint density at radius 2 is 1.66 bits per heavy atom. The van der Waals surface area contributed by atoms with Gasteiger partial charge in [0.15, 0.2) is 0 Å². The molecule has 2 aromatic carbocycles. The van der Waals surface area contributed by atoms with E-state index < -0.39 is 24.7 Å². The Balaban J connectivity index is 1.47. The Morgan fingerprint density at radius 1 is 1.00 bits per heavy atom. The summed E-state index contributed by atoms with van der Waals surface area (Å²) in [4.78, 5) is 8.13. The molecule has 0 amide bonds. The summed E-state index contributed by atoms with van der Waals surface area (Å²) in [5.74, 6) is -0.421.